The summed E-state index contributed by atoms with van der Waals surface area (Å²) < 4.78 is 56.2. The van der Waals surface area contributed by atoms with Crippen molar-refractivity contribution in [2.24, 2.45) is 0 Å². The molecule has 1 heterocycles. The highest BCUT2D eigenvalue weighted by Gasteiger charge is 2.35. The van der Waals surface area contributed by atoms with E-state index in [-0.39, 0.29) is 5.56 Å². The largest absolute Gasteiger partial charge is 0.419 e. The average Bonchev–Trinajstić information content (AvgIpc) is 2.36. The van der Waals surface area contributed by atoms with Gasteiger partial charge < -0.3 is 14.7 Å². The van der Waals surface area contributed by atoms with E-state index in [0.717, 1.165) is 6.07 Å². The van der Waals surface area contributed by atoms with Crippen molar-refractivity contribution >= 4 is 0 Å². The van der Waals surface area contributed by atoms with Crippen LogP contribution in [0.2, 0.25) is 0 Å². The van der Waals surface area contributed by atoms with Crippen LogP contribution in [0.4, 0.5) is 17.6 Å². The Balaban J connectivity index is 2.18. The van der Waals surface area contributed by atoms with Crippen LogP contribution in [-0.2, 0) is 10.9 Å². The van der Waals surface area contributed by atoms with Crippen LogP contribution in [0.15, 0.2) is 18.2 Å². The van der Waals surface area contributed by atoms with Crippen molar-refractivity contribution in [2.45, 2.75) is 18.4 Å². The zero-order chi connectivity index (χ0) is 14.9. The fourth-order valence-electron chi connectivity index (χ4n) is 2.16. The number of hydrogen-bond donors (Lipinski definition) is 1. The maximum Gasteiger partial charge on any atom is 0.419 e. The minimum atomic E-state index is -4.74. The van der Waals surface area contributed by atoms with Crippen LogP contribution in [0.25, 0.3) is 0 Å². The van der Waals surface area contributed by atoms with Crippen molar-refractivity contribution < 1.29 is 27.4 Å². The number of ether oxygens (including phenoxy) is 1. The third-order valence-corrected chi connectivity index (χ3v) is 3.29. The maximum absolute atomic E-state index is 13.5. The van der Waals surface area contributed by atoms with Gasteiger partial charge in [-0.1, -0.05) is 6.07 Å². The number of alkyl halides is 3. The van der Waals surface area contributed by atoms with Crippen molar-refractivity contribution in [3.63, 3.8) is 0 Å². The summed E-state index contributed by atoms with van der Waals surface area (Å²) in [6.45, 7) is 1.57. The Morgan fingerprint density at radius 1 is 1.40 bits per heavy atom. The van der Waals surface area contributed by atoms with E-state index in [1.54, 1.807) is 0 Å². The predicted octanol–water partition coefficient (Wildman–Crippen LogP) is 2.21. The molecule has 20 heavy (non-hydrogen) atoms. The quantitative estimate of drug-likeness (QED) is 0.849. The third-order valence-electron chi connectivity index (χ3n) is 3.29. The van der Waals surface area contributed by atoms with Crippen molar-refractivity contribution in [2.75, 3.05) is 26.7 Å². The number of hydrogen-bond acceptors (Lipinski definition) is 3. The van der Waals surface area contributed by atoms with Gasteiger partial charge in [-0.25, -0.2) is 4.39 Å². The topological polar surface area (TPSA) is 32.7 Å². The predicted molar refractivity (Wildman–Crippen MR) is 63.6 cm³/mol. The van der Waals surface area contributed by atoms with Gasteiger partial charge in [0.1, 0.15) is 18.0 Å². The lowest BCUT2D eigenvalue weighted by atomic mass is 10.0. The van der Waals surface area contributed by atoms with E-state index >= 15 is 0 Å². The first kappa shape index (κ1) is 15.2. The second-order valence-corrected chi connectivity index (χ2v) is 4.85. The Bertz CT molecular complexity index is 478. The second kappa shape index (κ2) is 5.67. The molecule has 1 aliphatic rings. The van der Waals surface area contributed by atoms with E-state index in [0.29, 0.717) is 31.8 Å². The third kappa shape index (κ3) is 3.28. The van der Waals surface area contributed by atoms with E-state index in [9.17, 15) is 22.7 Å². The molecule has 0 amide bonds. The molecule has 0 aromatic heterocycles. The monoisotopic (exact) mass is 293 g/mol. The van der Waals surface area contributed by atoms with Gasteiger partial charge in [-0.15, -0.1) is 0 Å². The molecule has 7 heteroatoms. The van der Waals surface area contributed by atoms with Crippen LogP contribution in [0.5, 0.6) is 0 Å². The Kier molecular flexibility index (Phi) is 4.31. The van der Waals surface area contributed by atoms with Gasteiger partial charge in [0.05, 0.1) is 12.2 Å². The lowest BCUT2D eigenvalue weighted by molar-refractivity contribution is -0.140. The van der Waals surface area contributed by atoms with Gasteiger partial charge in [0, 0.05) is 13.1 Å². The number of morpholine rings is 1. The Labute approximate surface area is 113 Å². The summed E-state index contributed by atoms with van der Waals surface area (Å²) in [5, 5.41) is 10.1. The van der Waals surface area contributed by atoms with Gasteiger partial charge in [0.25, 0.3) is 0 Å². The number of aliphatic hydroxyl groups excluding tert-OH is 1. The Morgan fingerprint density at radius 2 is 2.10 bits per heavy atom. The first-order chi connectivity index (χ1) is 9.29. The molecule has 0 spiro atoms. The normalized spacial score (nSPS) is 22.8. The van der Waals surface area contributed by atoms with E-state index in [4.69, 9.17) is 4.74 Å². The van der Waals surface area contributed by atoms with Crippen molar-refractivity contribution in [1.82, 2.24) is 4.90 Å². The zero-order valence-electron chi connectivity index (χ0n) is 10.8. The first-order valence-electron chi connectivity index (χ1n) is 6.14. The van der Waals surface area contributed by atoms with Crippen LogP contribution < -0.4 is 0 Å². The van der Waals surface area contributed by atoms with Crippen molar-refractivity contribution in [1.29, 1.82) is 0 Å². The fraction of sp³-hybridized carbons (Fsp3) is 0.538. The van der Waals surface area contributed by atoms with E-state index < -0.39 is 29.8 Å². The molecule has 1 aliphatic heterocycles. The van der Waals surface area contributed by atoms with Crippen LogP contribution in [0.3, 0.4) is 0 Å². The fourth-order valence-corrected chi connectivity index (χ4v) is 2.16. The molecule has 1 saturated heterocycles. The summed E-state index contributed by atoms with van der Waals surface area (Å²) in [4.78, 5) is 1.93. The molecule has 2 rings (SSSR count). The highest BCUT2D eigenvalue weighted by atomic mass is 19.4. The molecule has 2 atom stereocenters. The summed E-state index contributed by atoms with van der Waals surface area (Å²) in [7, 11) is 1.84. The molecule has 112 valence electrons. The second-order valence-electron chi connectivity index (χ2n) is 4.85. The molecule has 3 nitrogen and oxygen atoms in total. The number of likely N-dealkylation sites (N-methyl/N-ethyl adjacent to an activating group) is 1. The summed E-state index contributed by atoms with van der Waals surface area (Å²) in [6.07, 6.45) is -6.48. The van der Waals surface area contributed by atoms with E-state index in [2.05, 4.69) is 0 Å². The standard InChI is InChI=1S/C13H15F4NO2/c1-18-4-5-20-11(7-18)12(19)8-2-3-9(10(14)6-8)13(15,16)17/h2-3,6,11-12,19H,4-5,7H2,1H3. The number of rotatable bonds is 2. The molecule has 0 aliphatic carbocycles. The van der Waals surface area contributed by atoms with Gasteiger partial charge in [0.2, 0.25) is 0 Å². The summed E-state index contributed by atoms with van der Waals surface area (Å²) in [6, 6.07) is 2.43. The number of halogens is 4. The summed E-state index contributed by atoms with van der Waals surface area (Å²) >= 11 is 0. The molecule has 1 fully saturated rings. The van der Waals surface area contributed by atoms with Crippen molar-refractivity contribution in [3.05, 3.63) is 35.1 Å². The van der Waals surface area contributed by atoms with E-state index in [1.165, 1.54) is 0 Å². The SMILES string of the molecule is CN1CCOC(C(O)c2ccc(C(F)(F)F)c(F)c2)C1. The smallest absolute Gasteiger partial charge is 0.386 e. The maximum atomic E-state index is 13.5. The van der Waals surface area contributed by atoms with Crippen LogP contribution >= 0.6 is 0 Å². The van der Waals surface area contributed by atoms with Crippen LogP contribution in [-0.4, -0.2) is 42.9 Å². The van der Waals surface area contributed by atoms with Crippen LogP contribution in [0.1, 0.15) is 17.2 Å². The molecule has 1 aromatic carbocycles. The highest BCUT2D eigenvalue weighted by Crippen LogP contribution is 2.33. The lowest BCUT2D eigenvalue weighted by Crippen LogP contribution is -2.43. The molecule has 0 saturated carbocycles. The molecule has 1 N–H and O–H groups in total. The molecule has 2 unspecified atom stereocenters. The minimum Gasteiger partial charge on any atom is -0.386 e. The summed E-state index contributed by atoms with van der Waals surface area (Å²) in [5.41, 5.74) is -1.26. The number of nitrogens with zero attached hydrogens (tertiary/aromatic N) is 1. The summed E-state index contributed by atoms with van der Waals surface area (Å²) in [5.74, 6) is -1.39. The van der Waals surface area contributed by atoms with Gasteiger partial charge in [0.15, 0.2) is 0 Å². The van der Waals surface area contributed by atoms with Gasteiger partial charge in [-0.3, -0.25) is 0 Å². The first-order valence-corrected chi connectivity index (χ1v) is 6.14. The van der Waals surface area contributed by atoms with Gasteiger partial charge in [-0.2, -0.15) is 13.2 Å². The number of aliphatic hydroxyl groups is 1. The molecule has 0 radical (unpaired) electrons. The molecule has 0 bridgehead atoms. The zero-order valence-corrected chi connectivity index (χ0v) is 10.8. The van der Waals surface area contributed by atoms with Gasteiger partial charge >= 0.3 is 6.18 Å². The van der Waals surface area contributed by atoms with Crippen molar-refractivity contribution in [3.8, 4) is 0 Å². The highest BCUT2D eigenvalue weighted by molar-refractivity contribution is 5.28. The average molecular weight is 293 g/mol. The lowest BCUT2D eigenvalue weighted by Gasteiger charge is -2.33. The number of benzene rings is 1. The van der Waals surface area contributed by atoms with Crippen LogP contribution in [0, 0.1) is 5.82 Å². The Morgan fingerprint density at radius 3 is 2.65 bits per heavy atom. The van der Waals surface area contributed by atoms with Gasteiger partial charge in [-0.05, 0) is 24.7 Å². The minimum absolute atomic E-state index is 0.0794. The Hall–Kier alpha value is -1.18. The molecular formula is C13H15F4NO2. The molecular weight excluding hydrogens is 278 g/mol. The van der Waals surface area contributed by atoms with E-state index in [1.807, 2.05) is 11.9 Å². The molecule has 1 aromatic rings.